The minimum Gasteiger partial charge on any atom is -0.461 e. The van der Waals surface area contributed by atoms with Crippen LogP contribution in [0.3, 0.4) is 0 Å². The Kier molecular flexibility index (Phi) is 3.47. The molecule has 0 aliphatic carbocycles. The molecule has 0 atom stereocenters. The van der Waals surface area contributed by atoms with Crippen LogP contribution in [-0.2, 0) is 4.74 Å². The van der Waals surface area contributed by atoms with E-state index >= 15 is 0 Å². The molecule has 6 nitrogen and oxygen atoms in total. The van der Waals surface area contributed by atoms with Gasteiger partial charge in [0.25, 0.3) is 0 Å². The quantitative estimate of drug-likeness (QED) is 0.738. The topological polar surface area (TPSA) is 101 Å². The molecule has 0 aromatic carbocycles. The van der Waals surface area contributed by atoms with E-state index in [1.54, 1.807) is 35.7 Å². The number of rotatable bonds is 2. The highest BCUT2D eigenvalue weighted by molar-refractivity contribution is 5.88. The van der Waals surface area contributed by atoms with Crippen LogP contribution >= 0.6 is 0 Å². The number of imidazole rings is 1. The van der Waals surface area contributed by atoms with Crippen molar-refractivity contribution in [2.45, 2.75) is 6.92 Å². The molecule has 4 N–H and O–H groups in total. The van der Waals surface area contributed by atoms with Crippen LogP contribution in [0.1, 0.15) is 17.4 Å². The molecule has 0 bridgehead atoms. The molecule has 0 aliphatic rings. The number of fused-ring (bicyclic) bond motifs is 1. The van der Waals surface area contributed by atoms with Gasteiger partial charge in [0, 0.05) is 6.20 Å². The molecule has 0 amide bonds. The molecular formula is C10H13N3O3. The third kappa shape index (κ3) is 1.96. The first-order valence-electron chi connectivity index (χ1n) is 4.63. The van der Waals surface area contributed by atoms with Gasteiger partial charge in [0.15, 0.2) is 5.69 Å². The van der Waals surface area contributed by atoms with Crippen molar-refractivity contribution >= 4 is 17.4 Å². The number of hydrogen-bond donors (Lipinski definition) is 1. The van der Waals surface area contributed by atoms with Gasteiger partial charge in [0.1, 0.15) is 11.5 Å². The lowest BCUT2D eigenvalue weighted by Crippen LogP contribution is -2.04. The highest BCUT2D eigenvalue weighted by Gasteiger charge is 2.11. The van der Waals surface area contributed by atoms with E-state index in [4.69, 9.17) is 10.5 Å². The molecule has 2 aromatic rings. The minimum atomic E-state index is -0.430. The van der Waals surface area contributed by atoms with Gasteiger partial charge in [-0.05, 0) is 19.1 Å². The Morgan fingerprint density at radius 1 is 1.56 bits per heavy atom. The second-order valence-electron chi connectivity index (χ2n) is 3.03. The summed E-state index contributed by atoms with van der Waals surface area (Å²) in [4.78, 5) is 15.5. The summed E-state index contributed by atoms with van der Waals surface area (Å²) in [7, 11) is 0. The third-order valence-corrected chi connectivity index (χ3v) is 2.01. The van der Waals surface area contributed by atoms with E-state index in [0.29, 0.717) is 18.1 Å². The molecule has 2 rings (SSSR count). The predicted octanol–water partition coefficient (Wildman–Crippen LogP) is 0.269. The fourth-order valence-electron chi connectivity index (χ4n) is 1.34. The summed E-state index contributed by atoms with van der Waals surface area (Å²) in [5, 5.41) is 0. The fraction of sp³-hybridized carbons (Fsp3) is 0.200. The van der Waals surface area contributed by atoms with Crippen LogP contribution in [0.4, 0.5) is 5.82 Å². The average molecular weight is 223 g/mol. The molecule has 2 aromatic heterocycles. The van der Waals surface area contributed by atoms with Crippen molar-refractivity contribution < 1.29 is 15.0 Å². The van der Waals surface area contributed by atoms with E-state index < -0.39 is 5.97 Å². The van der Waals surface area contributed by atoms with E-state index in [1.807, 2.05) is 0 Å². The van der Waals surface area contributed by atoms with E-state index in [9.17, 15) is 4.79 Å². The summed E-state index contributed by atoms with van der Waals surface area (Å²) in [5.74, 6) is 0.108. The SMILES string of the molecule is CCOC(=O)c1cn2c(N)cccc2n1.O. The summed E-state index contributed by atoms with van der Waals surface area (Å²) < 4.78 is 6.49. The van der Waals surface area contributed by atoms with E-state index in [2.05, 4.69) is 4.98 Å². The number of hydrogen-bond acceptors (Lipinski definition) is 4. The molecular weight excluding hydrogens is 210 g/mol. The van der Waals surface area contributed by atoms with Gasteiger partial charge in [0.05, 0.1) is 6.61 Å². The summed E-state index contributed by atoms with van der Waals surface area (Å²) in [6, 6.07) is 5.30. The smallest absolute Gasteiger partial charge is 0.358 e. The lowest BCUT2D eigenvalue weighted by Gasteiger charge is -1.96. The number of aromatic nitrogens is 2. The Labute approximate surface area is 92.0 Å². The average Bonchev–Trinajstić information content (AvgIpc) is 2.63. The normalized spacial score (nSPS) is 9.81. The van der Waals surface area contributed by atoms with E-state index in [-0.39, 0.29) is 11.2 Å². The Bertz CT molecular complexity index is 507. The van der Waals surface area contributed by atoms with Gasteiger partial charge in [0.2, 0.25) is 0 Å². The first-order valence-corrected chi connectivity index (χ1v) is 4.63. The second kappa shape index (κ2) is 4.63. The zero-order valence-electron chi connectivity index (χ0n) is 8.80. The van der Waals surface area contributed by atoms with Crippen molar-refractivity contribution in [2.75, 3.05) is 12.3 Å². The largest absolute Gasteiger partial charge is 0.461 e. The summed E-state index contributed by atoms with van der Waals surface area (Å²) in [6.07, 6.45) is 1.57. The minimum absolute atomic E-state index is 0. The Balaban J connectivity index is 0.00000128. The predicted molar refractivity (Wildman–Crippen MR) is 59.2 cm³/mol. The van der Waals surface area contributed by atoms with Gasteiger partial charge in [-0.3, -0.25) is 4.40 Å². The van der Waals surface area contributed by atoms with Gasteiger partial charge in [-0.2, -0.15) is 0 Å². The Morgan fingerprint density at radius 2 is 2.31 bits per heavy atom. The number of carbonyl (C=O) groups excluding carboxylic acids is 1. The fourth-order valence-corrected chi connectivity index (χ4v) is 1.34. The highest BCUT2D eigenvalue weighted by atomic mass is 16.5. The molecule has 2 heterocycles. The molecule has 0 radical (unpaired) electrons. The molecule has 0 aliphatic heterocycles. The standard InChI is InChI=1S/C10H11N3O2.H2O/c1-2-15-10(14)7-6-13-8(11)4-3-5-9(13)12-7;/h3-6H,2,11H2,1H3;1H2. The summed E-state index contributed by atoms with van der Waals surface area (Å²) in [5.41, 5.74) is 6.62. The van der Waals surface area contributed by atoms with Gasteiger partial charge in [-0.25, -0.2) is 9.78 Å². The van der Waals surface area contributed by atoms with Crippen LogP contribution in [0.5, 0.6) is 0 Å². The van der Waals surface area contributed by atoms with Crippen LogP contribution in [0.15, 0.2) is 24.4 Å². The maximum absolute atomic E-state index is 11.4. The van der Waals surface area contributed by atoms with Crippen molar-refractivity contribution in [3.8, 4) is 0 Å². The van der Waals surface area contributed by atoms with Gasteiger partial charge < -0.3 is 15.9 Å². The zero-order chi connectivity index (χ0) is 10.8. The molecule has 0 fully saturated rings. The van der Waals surface area contributed by atoms with Gasteiger partial charge in [-0.1, -0.05) is 6.07 Å². The number of esters is 1. The number of nitrogens with zero attached hydrogens (tertiary/aromatic N) is 2. The van der Waals surface area contributed by atoms with Crippen molar-refractivity contribution in [1.82, 2.24) is 9.38 Å². The number of ether oxygens (including phenoxy) is 1. The lowest BCUT2D eigenvalue weighted by molar-refractivity contribution is 0.0520. The molecule has 0 unspecified atom stereocenters. The van der Waals surface area contributed by atoms with Gasteiger partial charge >= 0.3 is 5.97 Å². The van der Waals surface area contributed by atoms with E-state index in [1.165, 1.54) is 0 Å². The molecule has 6 heteroatoms. The maximum Gasteiger partial charge on any atom is 0.358 e. The second-order valence-corrected chi connectivity index (χ2v) is 3.03. The van der Waals surface area contributed by atoms with Crippen LogP contribution in [-0.4, -0.2) is 27.4 Å². The molecule has 0 spiro atoms. The summed E-state index contributed by atoms with van der Waals surface area (Å²) in [6.45, 7) is 2.09. The van der Waals surface area contributed by atoms with Crippen LogP contribution < -0.4 is 5.73 Å². The van der Waals surface area contributed by atoms with Crippen molar-refractivity contribution in [3.63, 3.8) is 0 Å². The highest BCUT2D eigenvalue weighted by Crippen LogP contribution is 2.10. The van der Waals surface area contributed by atoms with E-state index in [0.717, 1.165) is 0 Å². The number of nitrogens with two attached hydrogens (primary N) is 1. The molecule has 0 saturated carbocycles. The Morgan fingerprint density at radius 3 is 2.94 bits per heavy atom. The third-order valence-electron chi connectivity index (χ3n) is 2.01. The molecule has 16 heavy (non-hydrogen) atoms. The van der Waals surface area contributed by atoms with Crippen LogP contribution in [0.2, 0.25) is 0 Å². The van der Waals surface area contributed by atoms with Crippen molar-refractivity contribution in [3.05, 3.63) is 30.1 Å². The number of pyridine rings is 1. The first kappa shape index (κ1) is 12.0. The number of nitrogen functional groups attached to an aromatic ring is 1. The zero-order valence-corrected chi connectivity index (χ0v) is 8.80. The first-order chi connectivity index (χ1) is 7.22. The van der Waals surface area contributed by atoms with Crippen molar-refractivity contribution in [1.29, 1.82) is 0 Å². The summed E-state index contributed by atoms with van der Waals surface area (Å²) >= 11 is 0. The Hall–Kier alpha value is -2.08. The van der Waals surface area contributed by atoms with Crippen LogP contribution in [0, 0.1) is 0 Å². The number of carbonyl (C=O) groups is 1. The maximum atomic E-state index is 11.4. The van der Waals surface area contributed by atoms with Crippen LogP contribution in [0.25, 0.3) is 5.65 Å². The molecule has 86 valence electrons. The number of anilines is 1. The van der Waals surface area contributed by atoms with Crippen molar-refractivity contribution in [2.24, 2.45) is 0 Å². The van der Waals surface area contributed by atoms with Gasteiger partial charge in [-0.15, -0.1) is 0 Å². The molecule has 0 saturated heterocycles. The monoisotopic (exact) mass is 223 g/mol. The lowest BCUT2D eigenvalue weighted by atomic mass is 10.4.